The lowest BCUT2D eigenvalue weighted by Crippen LogP contribution is -2.47. The molecule has 0 radical (unpaired) electrons. The predicted molar refractivity (Wildman–Crippen MR) is 103 cm³/mol. The van der Waals surface area contributed by atoms with Crippen LogP contribution in [0.25, 0.3) is 0 Å². The van der Waals surface area contributed by atoms with Gasteiger partial charge in [-0.05, 0) is 36.5 Å². The Hall–Kier alpha value is -1.35. The lowest BCUT2D eigenvalue weighted by Gasteiger charge is -2.36. The van der Waals surface area contributed by atoms with Crippen LogP contribution < -0.4 is 15.5 Å². The minimum atomic E-state index is 0.0189. The van der Waals surface area contributed by atoms with Gasteiger partial charge in [0.1, 0.15) is 0 Å². The molecule has 0 aliphatic carbocycles. The third-order valence-electron chi connectivity index (χ3n) is 3.71. The number of thiocarbonyl (C=S) groups is 1. The Kier molecular flexibility index (Phi) is 7.10. The first-order chi connectivity index (χ1) is 11.1. The molecule has 0 aromatic heterocycles. The molecular weight excluding hydrogens is 330 g/mol. The summed E-state index contributed by atoms with van der Waals surface area (Å²) >= 11 is 8.92. The number of methoxy groups -OCH3 is 1. The summed E-state index contributed by atoms with van der Waals surface area (Å²) in [7, 11) is 1.74. The number of amidine groups is 1. The van der Waals surface area contributed by atoms with E-state index in [4.69, 9.17) is 22.4 Å². The second kappa shape index (κ2) is 9.07. The molecule has 6 nitrogen and oxygen atoms in total. The van der Waals surface area contributed by atoms with Crippen LogP contribution in [-0.4, -0.2) is 61.6 Å². The summed E-state index contributed by atoms with van der Waals surface area (Å²) in [5.74, 6) is 0. The summed E-state index contributed by atoms with van der Waals surface area (Å²) in [5, 5.41) is 13.3. The normalized spacial score (nSPS) is 15.3. The van der Waals surface area contributed by atoms with Gasteiger partial charge in [0.25, 0.3) is 0 Å². The Labute approximate surface area is 148 Å². The summed E-state index contributed by atoms with van der Waals surface area (Å²) in [6.07, 6.45) is 0. The fourth-order valence-electron chi connectivity index (χ4n) is 2.48. The molecule has 2 rings (SSSR count). The maximum Gasteiger partial charge on any atom is 0.176 e. The topological polar surface area (TPSA) is 63.6 Å². The number of thiol groups is 1. The van der Waals surface area contributed by atoms with Crippen LogP contribution in [0.1, 0.15) is 0 Å². The van der Waals surface area contributed by atoms with Gasteiger partial charge in [0.15, 0.2) is 10.3 Å². The van der Waals surface area contributed by atoms with E-state index in [0.29, 0.717) is 5.11 Å². The SMILES string of the molecule is COCCN1CCN(c2ccc(NC(=S)NC(=N)S)cc2)CC1. The molecule has 0 saturated carbocycles. The third-order valence-corrected chi connectivity index (χ3v) is 4.02. The quantitative estimate of drug-likeness (QED) is 0.279. The molecule has 1 saturated heterocycles. The molecule has 3 N–H and O–H groups in total. The van der Waals surface area contributed by atoms with Crippen molar-refractivity contribution in [2.45, 2.75) is 0 Å². The van der Waals surface area contributed by atoms with Crippen molar-refractivity contribution in [3.63, 3.8) is 0 Å². The number of nitrogens with one attached hydrogen (secondary N) is 3. The second-order valence-corrected chi connectivity index (χ2v) is 6.15. The number of anilines is 2. The number of nitrogens with zero attached hydrogens (tertiary/aromatic N) is 2. The molecular formula is C15H23N5OS2. The van der Waals surface area contributed by atoms with Crippen molar-refractivity contribution in [2.24, 2.45) is 0 Å². The zero-order valence-corrected chi connectivity index (χ0v) is 14.9. The molecule has 1 aromatic carbocycles. The van der Waals surface area contributed by atoms with Gasteiger partial charge in [0.2, 0.25) is 0 Å². The first-order valence-corrected chi connectivity index (χ1v) is 8.36. The van der Waals surface area contributed by atoms with Crippen LogP contribution in [0.3, 0.4) is 0 Å². The Bertz CT molecular complexity index is 529. The van der Waals surface area contributed by atoms with Gasteiger partial charge in [-0.2, -0.15) is 0 Å². The number of ether oxygens (including phenoxy) is 1. The Morgan fingerprint density at radius 2 is 1.91 bits per heavy atom. The van der Waals surface area contributed by atoms with E-state index in [9.17, 15) is 0 Å². The Morgan fingerprint density at radius 3 is 2.48 bits per heavy atom. The number of hydrogen-bond donors (Lipinski definition) is 4. The first-order valence-electron chi connectivity index (χ1n) is 7.50. The first kappa shape index (κ1) is 18.0. The zero-order chi connectivity index (χ0) is 16.7. The van der Waals surface area contributed by atoms with Crippen LogP contribution in [0.2, 0.25) is 0 Å². The van der Waals surface area contributed by atoms with E-state index in [2.05, 4.69) is 45.2 Å². The minimum Gasteiger partial charge on any atom is -0.383 e. The van der Waals surface area contributed by atoms with Crippen molar-refractivity contribution in [2.75, 3.05) is 56.7 Å². The summed E-state index contributed by atoms with van der Waals surface area (Å²) in [4.78, 5) is 4.81. The molecule has 1 aliphatic rings. The third kappa shape index (κ3) is 5.98. The maximum absolute atomic E-state index is 7.22. The summed E-state index contributed by atoms with van der Waals surface area (Å²) < 4.78 is 5.13. The van der Waals surface area contributed by atoms with Gasteiger partial charge < -0.3 is 20.3 Å². The maximum atomic E-state index is 7.22. The number of rotatable bonds is 5. The van der Waals surface area contributed by atoms with Gasteiger partial charge in [0, 0.05) is 51.2 Å². The standard InChI is InChI=1S/C15H23N5OS2/c1-21-11-10-19-6-8-20(9-7-19)13-4-2-12(3-5-13)17-15(23)18-14(16)22/h2-5H,6-11H2,1H3,(H4,16,17,18,22,23). The molecule has 0 atom stereocenters. The minimum absolute atomic E-state index is 0.0189. The number of piperazine rings is 1. The number of hydrogen-bond acceptors (Lipinski definition) is 5. The fourth-order valence-corrected chi connectivity index (χ4v) is 2.88. The van der Waals surface area contributed by atoms with Crippen LogP contribution in [0.4, 0.5) is 11.4 Å². The van der Waals surface area contributed by atoms with Crippen LogP contribution in [0, 0.1) is 5.41 Å². The molecule has 8 heteroatoms. The molecule has 1 aliphatic heterocycles. The molecule has 23 heavy (non-hydrogen) atoms. The highest BCUT2D eigenvalue weighted by Crippen LogP contribution is 2.19. The number of benzene rings is 1. The van der Waals surface area contributed by atoms with Crippen molar-refractivity contribution in [1.29, 1.82) is 5.41 Å². The lowest BCUT2D eigenvalue weighted by molar-refractivity contribution is 0.144. The van der Waals surface area contributed by atoms with Crippen LogP contribution in [-0.2, 0) is 4.74 Å². The fraction of sp³-hybridized carbons (Fsp3) is 0.467. The molecule has 0 spiro atoms. The van der Waals surface area contributed by atoms with Crippen LogP contribution >= 0.6 is 24.8 Å². The second-order valence-electron chi connectivity index (χ2n) is 5.30. The van der Waals surface area contributed by atoms with Crippen molar-refractivity contribution in [3.05, 3.63) is 24.3 Å². The van der Waals surface area contributed by atoms with E-state index in [1.165, 1.54) is 5.69 Å². The van der Waals surface area contributed by atoms with E-state index in [1.807, 2.05) is 12.1 Å². The van der Waals surface area contributed by atoms with Crippen LogP contribution in [0.5, 0.6) is 0 Å². The van der Waals surface area contributed by atoms with Crippen molar-refractivity contribution in [3.8, 4) is 0 Å². The lowest BCUT2D eigenvalue weighted by atomic mass is 10.2. The molecule has 1 fully saturated rings. The molecule has 0 bridgehead atoms. The summed E-state index contributed by atoms with van der Waals surface area (Å²) in [6, 6.07) is 8.15. The van der Waals surface area contributed by atoms with E-state index in [1.54, 1.807) is 7.11 Å². The highest BCUT2D eigenvalue weighted by Gasteiger charge is 2.16. The van der Waals surface area contributed by atoms with Crippen LogP contribution in [0.15, 0.2) is 24.3 Å². The van der Waals surface area contributed by atoms with E-state index in [-0.39, 0.29) is 5.17 Å². The Balaban J connectivity index is 1.83. The Morgan fingerprint density at radius 1 is 1.26 bits per heavy atom. The van der Waals surface area contributed by atoms with E-state index < -0.39 is 0 Å². The molecule has 1 aromatic rings. The monoisotopic (exact) mass is 353 g/mol. The van der Waals surface area contributed by atoms with Gasteiger partial charge in [-0.3, -0.25) is 10.3 Å². The van der Waals surface area contributed by atoms with Crippen molar-refractivity contribution >= 4 is 46.5 Å². The molecule has 0 unspecified atom stereocenters. The van der Waals surface area contributed by atoms with E-state index >= 15 is 0 Å². The molecule has 126 valence electrons. The average Bonchev–Trinajstić information content (AvgIpc) is 2.53. The van der Waals surface area contributed by atoms with E-state index in [0.717, 1.165) is 45.0 Å². The largest absolute Gasteiger partial charge is 0.383 e. The zero-order valence-electron chi connectivity index (χ0n) is 13.2. The van der Waals surface area contributed by atoms with Gasteiger partial charge >= 0.3 is 0 Å². The smallest absolute Gasteiger partial charge is 0.176 e. The van der Waals surface area contributed by atoms with Crippen molar-refractivity contribution < 1.29 is 4.74 Å². The predicted octanol–water partition coefficient (Wildman–Crippen LogP) is 1.61. The van der Waals surface area contributed by atoms with Gasteiger partial charge in [-0.15, -0.1) is 12.6 Å². The summed E-state index contributed by atoms with van der Waals surface area (Å²) in [5.41, 5.74) is 2.10. The molecule has 0 amide bonds. The highest BCUT2D eigenvalue weighted by molar-refractivity contribution is 7.96. The van der Waals surface area contributed by atoms with Gasteiger partial charge in [-0.1, -0.05) is 0 Å². The highest BCUT2D eigenvalue weighted by atomic mass is 32.1. The molecule has 1 heterocycles. The van der Waals surface area contributed by atoms with Gasteiger partial charge in [0.05, 0.1) is 6.61 Å². The summed E-state index contributed by atoms with van der Waals surface area (Å²) in [6.45, 7) is 5.94. The van der Waals surface area contributed by atoms with Crippen molar-refractivity contribution in [1.82, 2.24) is 10.2 Å². The average molecular weight is 354 g/mol. The van der Waals surface area contributed by atoms with Gasteiger partial charge in [-0.25, -0.2) is 0 Å².